The summed E-state index contributed by atoms with van der Waals surface area (Å²) < 4.78 is 0. The number of thiazole rings is 1. The van der Waals surface area contributed by atoms with Crippen molar-refractivity contribution in [1.29, 1.82) is 0 Å². The van der Waals surface area contributed by atoms with Gasteiger partial charge in [-0.3, -0.25) is 19.3 Å². The number of nitrogens with zero attached hydrogens (tertiary/aromatic N) is 3. The van der Waals surface area contributed by atoms with E-state index in [1.807, 2.05) is 0 Å². The Hall–Kier alpha value is -2.93. The monoisotopic (exact) mass is 479 g/mol. The van der Waals surface area contributed by atoms with Gasteiger partial charge < -0.3 is 20.6 Å². The van der Waals surface area contributed by atoms with E-state index >= 15 is 0 Å². The summed E-state index contributed by atoms with van der Waals surface area (Å²) in [5.41, 5.74) is 0.0217. The average Bonchev–Trinajstić information content (AvgIpc) is 3.26. The molecule has 3 heterocycles. The van der Waals surface area contributed by atoms with E-state index < -0.39 is 29.2 Å². The molecule has 3 amide bonds. The van der Waals surface area contributed by atoms with E-state index in [1.165, 1.54) is 22.7 Å². The van der Waals surface area contributed by atoms with Crippen molar-refractivity contribution >= 4 is 58.1 Å². The minimum absolute atomic E-state index is 0.0807. The molecule has 1 unspecified atom stereocenters. The van der Waals surface area contributed by atoms with Crippen LogP contribution in [0, 0.1) is 0 Å². The van der Waals surface area contributed by atoms with E-state index in [0.29, 0.717) is 12.2 Å². The number of oxime groups is 1. The van der Waals surface area contributed by atoms with Crippen LogP contribution >= 0.6 is 23.1 Å². The Balaban J connectivity index is 1.51. The Labute approximate surface area is 191 Å². The molecule has 1 aromatic rings. The summed E-state index contributed by atoms with van der Waals surface area (Å²) in [7, 11) is 0. The molecule has 1 aromatic heterocycles. The molecule has 0 radical (unpaired) electrons. The molecule has 1 saturated heterocycles. The number of aromatic nitrogens is 1. The van der Waals surface area contributed by atoms with Crippen LogP contribution in [0.25, 0.3) is 0 Å². The summed E-state index contributed by atoms with van der Waals surface area (Å²) in [5.74, 6) is -1.93. The highest BCUT2D eigenvalue weighted by Crippen LogP contribution is 2.37. The Morgan fingerprint density at radius 2 is 2.09 bits per heavy atom. The Kier molecular flexibility index (Phi) is 6.74. The van der Waals surface area contributed by atoms with Gasteiger partial charge in [-0.1, -0.05) is 11.6 Å². The van der Waals surface area contributed by atoms with Crippen LogP contribution in [0.5, 0.6) is 0 Å². The third-order valence-electron chi connectivity index (χ3n) is 5.34. The van der Waals surface area contributed by atoms with Crippen molar-refractivity contribution in [3.8, 4) is 0 Å². The SMILES string of the molecule is O=CNc1nc(C(=NOC2CCCCC2)C(=O)NC2C(=O)N3C(C(=O)O)=CCS[C@@H]23)cs1. The van der Waals surface area contributed by atoms with Gasteiger partial charge in [-0.15, -0.1) is 23.1 Å². The zero-order chi connectivity index (χ0) is 22.7. The highest BCUT2D eigenvalue weighted by Gasteiger charge is 2.53. The van der Waals surface area contributed by atoms with Crippen LogP contribution in [0.1, 0.15) is 37.8 Å². The highest BCUT2D eigenvalue weighted by molar-refractivity contribution is 8.00. The van der Waals surface area contributed by atoms with Gasteiger partial charge in [0.05, 0.1) is 0 Å². The second-order valence-electron chi connectivity index (χ2n) is 7.38. The van der Waals surface area contributed by atoms with Crippen molar-refractivity contribution < 1.29 is 29.1 Å². The minimum atomic E-state index is -1.19. The Bertz CT molecular complexity index is 987. The van der Waals surface area contributed by atoms with Crippen molar-refractivity contribution in [2.45, 2.75) is 49.6 Å². The maximum Gasteiger partial charge on any atom is 0.352 e. The molecule has 0 bridgehead atoms. The fourth-order valence-electron chi connectivity index (χ4n) is 3.75. The van der Waals surface area contributed by atoms with E-state index in [9.17, 15) is 24.3 Å². The lowest BCUT2D eigenvalue weighted by molar-refractivity contribution is -0.150. The first kappa shape index (κ1) is 22.3. The first-order valence-corrected chi connectivity index (χ1v) is 12.0. The van der Waals surface area contributed by atoms with Crippen molar-refractivity contribution in [3.05, 3.63) is 22.8 Å². The van der Waals surface area contributed by atoms with Gasteiger partial charge in [0, 0.05) is 11.1 Å². The summed E-state index contributed by atoms with van der Waals surface area (Å²) >= 11 is 2.48. The molecule has 170 valence electrons. The largest absolute Gasteiger partial charge is 0.477 e. The van der Waals surface area contributed by atoms with Gasteiger partial charge in [-0.25, -0.2) is 9.78 Å². The van der Waals surface area contributed by atoms with E-state index in [1.54, 1.807) is 5.38 Å². The van der Waals surface area contributed by atoms with Crippen LogP contribution in [0.2, 0.25) is 0 Å². The summed E-state index contributed by atoms with van der Waals surface area (Å²) in [6, 6.07) is -0.887. The topological polar surface area (TPSA) is 150 Å². The predicted octanol–water partition coefficient (Wildman–Crippen LogP) is 1.13. The highest BCUT2D eigenvalue weighted by atomic mass is 32.2. The molecule has 32 heavy (non-hydrogen) atoms. The van der Waals surface area contributed by atoms with Gasteiger partial charge in [0.2, 0.25) is 6.41 Å². The first-order chi connectivity index (χ1) is 15.5. The number of β-lactam (4-membered cyclic amide) rings is 1. The van der Waals surface area contributed by atoms with Gasteiger partial charge in [-0.05, 0) is 31.8 Å². The lowest BCUT2D eigenvalue weighted by atomic mass is 9.98. The second-order valence-corrected chi connectivity index (χ2v) is 9.39. The Morgan fingerprint density at radius 3 is 2.81 bits per heavy atom. The van der Waals surface area contributed by atoms with Crippen LogP contribution in [0.3, 0.4) is 0 Å². The number of carbonyl (C=O) groups is 4. The van der Waals surface area contributed by atoms with Gasteiger partial charge in [0.1, 0.15) is 28.9 Å². The molecule has 4 rings (SSSR count). The molecular weight excluding hydrogens is 458 g/mol. The maximum atomic E-state index is 13.1. The van der Waals surface area contributed by atoms with Crippen molar-refractivity contribution in [2.24, 2.45) is 5.16 Å². The third-order valence-corrected chi connectivity index (χ3v) is 7.30. The van der Waals surface area contributed by atoms with Crippen LogP contribution in [-0.2, 0) is 24.0 Å². The van der Waals surface area contributed by atoms with E-state index in [0.717, 1.165) is 43.4 Å². The number of rotatable bonds is 8. The van der Waals surface area contributed by atoms with Gasteiger partial charge in [-0.2, -0.15) is 0 Å². The fraction of sp³-hybridized carbons (Fsp3) is 0.474. The van der Waals surface area contributed by atoms with Gasteiger partial charge in [0.15, 0.2) is 10.8 Å². The number of carbonyl (C=O) groups excluding carboxylic acids is 3. The second kappa shape index (κ2) is 9.69. The number of carboxylic acids is 1. The van der Waals surface area contributed by atoms with Crippen molar-refractivity contribution in [1.82, 2.24) is 15.2 Å². The number of nitrogens with one attached hydrogen (secondary N) is 2. The van der Waals surface area contributed by atoms with Crippen LogP contribution in [0.15, 0.2) is 22.3 Å². The number of hydrogen-bond donors (Lipinski definition) is 3. The molecule has 1 aliphatic carbocycles. The molecule has 11 nitrogen and oxygen atoms in total. The van der Waals surface area contributed by atoms with Crippen LogP contribution in [-0.4, -0.2) is 68.2 Å². The predicted molar refractivity (Wildman–Crippen MR) is 117 cm³/mol. The molecule has 2 fully saturated rings. The van der Waals surface area contributed by atoms with E-state index in [-0.39, 0.29) is 28.3 Å². The molecule has 2 atom stereocenters. The molecule has 0 aromatic carbocycles. The standard InChI is InChI=1S/C19H21N5O6S2/c25-9-20-19-21-11(8-32-19)13(23-30-10-4-2-1-3-5-10)15(26)22-14-16(27)24-12(18(28)29)6-7-31-17(14)24/h6,8-10,14,17H,1-5,7H2,(H,22,26)(H,28,29)(H,20,21,25)/t14?,17-/m0/s1. The minimum Gasteiger partial charge on any atom is -0.477 e. The molecule has 3 N–H and O–H groups in total. The molecule has 0 spiro atoms. The van der Waals surface area contributed by atoms with Crippen LogP contribution < -0.4 is 10.6 Å². The molecule has 2 aliphatic heterocycles. The summed E-state index contributed by atoms with van der Waals surface area (Å²) in [4.78, 5) is 58.7. The Morgan fingerprint density at radius 1 is 1.31 bits per heavy atom. The molecule has 13 heteroatoms. The van der Waals surface area contributed by atoms with E-state index in [2.05, 4.69) is 20.8 Å². The molecular formula is C19H21N5O6S2. The summed E-state index contributed by atoms with van der Waals surface area (Å²) in [6.07, 6.45) is 6.71. The zero-order valence-corrected chi connectivity index (χ0v) is 18.5. The number of carboxylic acid groups (broad SMARTS) is 1. The summed E-state index contributed by atoms with van der Waals surface area (Å²) in [5, 5.41) is 19.8. The third kappa shape index (κ3) is 4.48. The van der Waals surface area contributed by atoms with Crippen LogP contribution in [0.4, 0.5) is 5.13 Å². The smallest absolute Gasteiger partial charge is 0.352 e. The molecule has 1 saturated carbocycles. The number of anilines is 1. The van der Waals surface area contributed by atoms with Gasteiger partial charge >= 0.3 is 5.97 Å². The van der Waals surface area contributed by atoms with E-state index in [4.69, 9.17) is 4.84 Å². The number of aliphatic carboxylic acids is 1. The van der Waals surface area contributed by atoms with Gasteiger partial charge in [0.25, 0.3) is 11.8 Å². The molecule has 3 aliphatic rings. The summed E-state index contributed by atoms with van der Waals surface area (Å²) in [6.45, 7) is 0. The normalized spacial score (nSPS) is 23.5. The quantitative estimate of drug-likeness (QED) is 0.217. The first-order valence-electron chi connectivity index (χ1n) is 10.1. The lowest BCUT2D eigenvalue weighted by Crippen LogP contribution is -2.70. The van der Waals surface area contributed by atoms with Crippen molar-refractivity contribution in [2.75, 3.05) is 11.1 Å². The van der Waals surface area contributed by atoms with Crippen molar-refractivity contribution in [3.63, 3.8) is 0 Å². The number of hydrogen-bond acceptors (Lipinski definition) is 9. The average molecular weight is 480 g/mol. The maximum absolute atomic E-state index is 13.1. The lowest BCUT2D eigenvalue weighted by Gasteiger charge is -2.48. The number of thioether (sulfide) groups is 1. The zero-order valence-electron chi connectivity index (χ0n) is 16.9. The fourth-order valence-corrected chi connectivity index (χ4v) is 5.60. The number of amides is 3. The number of fused-ring (bicyclic) bond motifs is 1.